The van der Waals surface area contributed by atoms with Crippen molar-refractivity contribution in [3.63, 3.8) is 0 Å². The summed E-state index contributed by atoms with van der Waals surface area (Å²) in [6.45, 7) is 8.18. The Bertz CT molecular complexity index is 620. The average molecular weight is 286 g/mol. The van der Waals surface area contributed by atoms with Gasteiger partial charge in [-0.1, -0.05) is 6.07 Å². The van der Waals surface area contributed by atoms with Crippen LogP contribution in [0.3, 0.4) is 0 Å². The van der Waals surface area contributed by atoms with Gasteiger partial charge in [0.2, 0.25) is 5.95 Å². The third kappa shape index (κ3) is 4.63. The number of aryl methyl sites for hydroxylation is 1. The first-order chi connectivity index (χ1) is 9.85. The van der Waals surface area contributed by atoms with Crippen molar-refractivity contribution < 1.29 is 4.74 Å². The molecule has 2 rings (SSSR count). The summed E-state index contributed by atoms with van der Waals surface area (Å²) in [5.41, 5.74) is 1.75. The highest BCUT2D eigenvalue weighted by atomic mass is 16.5. The first-order valence-corrected chi connectivity index (χ1v) is 6.91. The molecule has 0 radical (unpaired) electrons. The van der Waals surface area contributed by atoms with E-state index in [9.17, 15) is 0 Å². The highest BCUT2D eigenvalue weighted by molar-refractivity contribution is 5.59. The van der Waals surface area contributed by atoms with Crippen LogP contribution in [0, 0.1) is 6.92 Å². The number of ether oxygens (including phenoxy) is 1. The molecule has 1 aromatic heterocycles. The van der Waals surface area contributed by atoms with Gasteiger partial charge in [0.1, 0.15) is 11.6 Å². The van der Waals surface area contributed by atoms with Crippen molar-refractivity contribution in [2.75, 3.05) is 17.7 Å². The van der Waals surface area contributed by atoms with Crippen LogP contribution in [-0.2, 0) is 0 Å². The van der Waals surface area contributed by atoms with E-state index < -0.39 is 0 Å². The summed E-state index contributed by atoms with van der Waals surface area (Å²) in [6.07, 6.45) is 0. The molecule has 0 aliphatic carbocycles. The molecular formula is C16H22N4O. The molecule has 0 atom stereocenters. The van der Waals surface area contributed by atoms with Gasteiger partial charge in [0.05, 0.1) is 7.11 Å². The lowest BCUT2D eigenvalue weighted by Crippen LogP contribution is -2.27. The molecule has 0 saturated carbocycles. The van der Waals surface area contributed by atoms with Gasteiger partial charge in [0, 0.05) is 29.1 Å². The minimum absolute atomic E-state index is 0.0823. The summed E-state index contributed by atoms with van der Waals surface area (Å²) in [5, 5.41) is 6.56. The fourth-order valence-corrected chi connectivity index (χ4v) is 1.87. The lowest BCUT2D eigenvalue weighted by Gasteiger charge is -2.21. The smallest absolute Gasteiger partial charge is 0.225 e. The number of hydrogen-bond acceptors (Lipinski definition) is 5. The Balaban J connectivity index is 2.23. The summed E-state index contributed by atoms with van der Waals surface area (Å²) < 4.78 is 5.22. The Morgan fingerprint density at radius 2 is 1.86 bits per heavy atom. The van der Waals surface area contributed by atoms with Crippen molar-refractivity contribution in [3.05, 3.63) is 36.0 Å². The fourth-order valence-electron chi connectivity index (χ4n) is 1.87. The Labute approximate surface area is 125 Å². The van der Waals surface area contributed by atoms with Crippen LogP contribution in [0.2, 0.25) is 0 Å². The molecule has 1 heterocycles. The van der Waals surface area contributed by atoms with E-state index in [1.54, 1.807) is 7.11 Å². The first-order valence-electron chi connectivity index (χ1n) is 6.91. The van der Waals surface area contributed by atoms with Crippen LogP contribution in [-0.4, -0.2) is 22.6 Å². The number of methoxy groups -OCH3 is 1. The molecule has 2 aromatic rings. The molecule has 21 heavy (non-hydrogen) atoms. The van der Waals surface area contributed by atoms with Gasteiger partial charge in [-0.3, -0.25) is 0 Å². The number of anilines is 3. The highest BCUT2D eigenvalue weighted by Crippen LogP contribution is 2.21. The van der Waals surface area contributed by atoms with Crippen molar-refractivity contribution in [1.29, 1.82) is 0 Å². The zero-order chi connectivity index (χ0) is 15.5. The molecule has 0 unspecified atom stereocenters. The van der Waals surface area contributed by atoms with E-state index in [4.69, 9.17) is 4.74 Å². The van der Waals surface area contributed by atoms with Gasteiger partial charge in [-0.15, -0.1) is 0 Å². The third-order valence-electron chi connectivity index (χ3n) is 2.68. The van der Waals surface area contributed by atoms with Crippen molar-refractivity contribution in [1.82, 2.24) is 9.97 Å². The molecule has 0 spiro atoms. The molecule has 0 saturated heterocycles. The van der Waals surface area contributed by atoms with Crippen molar-refractivity contribution in [2.24, 2.45) is 0 Å². The SMILES string of the molecule is COc1cccc(Nc2cc(C)nc(NC(C)(C)C)n2)c1. The Hall–Kier alpha value is -2.30. The van der Waals surface area contributed by atoms with Crippen LogP contribution in [0.15, 0.2) is 30.3 Å². The van der Waals surface area contributed by atoms with E-state index in [0.717, 1.165) is 22.9 Å². The van der Waals surface area contributed by atoms with E-state index >= 15 is 0 Å². The molecule has 0 amide bonds. The average Bonchev–Trinajstić information content (AvgIpc) is 2.36. The maximum absolute atomic E-state index is 5.22. The Kier molecular flexibility index (Phi) is 4.31. The van der Waals surface area contributed by atoms with Crippen molar-refractivity contribution >= 4 is 17.5 Å². The van der Waals surface area contributed by atoms with Gasteiger partial charge in [-0.25, -0.2) is 4.98 Å². The molecule has 0 fully saturated rings. The normalized spacial score (nSPS) is 11.1. The van der Waals surface area contributed by atoms with E-state index in [2.05, 4.69) is 41.4 Å². The molecular weight excluding hydrogens is 264 g/mol. The predicted octanol–water partition coefficient (Wildman–Crippen LogP) is 3.75. The zero-order valence-electron chi connectivity index (χ0n) is 13.2. The summed E-state index contributed by atoms with van der Waals surface area (Å²) in [6, 6.07) is 9.64. The van der Waals surface area contributed by atoms with Gasteiger partial charge < -0.3 is 15.4 Å². The van der Waals surface area contributed by atoms with E-state index in [1.807, 2.05) is 37.3 Å². The quantitative estimate of drug-likeness (QED) is 0.896. The molecule has 0 aliphatic rings. The summed E-state index contributed by atoms with van der Waals surface area (Å²) in [4.78, 5) is 8.90. The monoisotopic (exact) mass is 286 g/mol. The number of benzene rings is 1. The van der Waals surface area contributed by atoms with Gasteiger partial charge in [0.15, 0.2) is 0 Å². The Morgan fingerprint density at radius 1 is 1.10 bits per heavy atom. The maximum Gasteiger partial charge on any atom is 0.225 e. The lowest BCUT2D eigenvalue weighted by atomic mass is 10.1. The van der Waals surface area contributed by atoms with Crippen LogP contribution >= 0.6 is 0 Å². The molecule has 2 N–H and O–H groups in total. The third-order valence-corrected chi connectivity index (χ3v) is 2.68. The van der Waals surface area contributed by atoms with Crippen molar-refractivity contribution in [2.45, 2.75) is 33.2 Å². The molecule has 0 bridgehead atoms. The van der Waals surface area contributed by atoms with Crippen LogP contribution in [0.25, 0.3) is 0 Å². The number of nitrogens with one attached hydrogen (secondary N) is 2. The van der Waals surface area contributed by atoms with Gasteiger partial charge in [-0.2, -0.15) is 4.98 Å². The molecule has 5 nitrogen and oxygen atoms in total. The van der Waals surface area contributed by atoms with Crippen LogP contribution in [0.4, 0.5) is 17.5 Å². The second-order valence-electron chi connectivity index (χ2n) is 5.95. The first kappa shape index (κ1) is 15.1. The minimum Gasteiger partial charge on any atom is -0.497 e. The van der Waals surface area contributed by atoms with Crippen LogP contribution in [0.5, 0.6) is 5.75 Å². The summed E-state index contributed by atoms with van der Waals surface area (Å²) >= 11 is 0. The predicted molar refractivity (Wildman–Crippen MR) is 86.4 cm³/mol. The lowest BCUT2D eigenvalue weighted by molar-refractivity contribution is 0.415. The fraction of sp³-hybridized carbons (Fsp3) is 0.375. The van der Waals surface area contributed by atoms with Crippen LogP contribution < -0.4 is 15.4 Å². The topological polar surface area (TPSA) is 59.1 Å². The van der Waals surface area contributed by atoms with Crippen molar-refractivity contribution in [3.8, 4) is 5.75 Å². The Morgan fingerprint density at radius 3 is 2.52 bits per heavy atom. The number of hydrogen-bond donors (Lipinski definition) is 2. The number of aromatic nitrogens is 2. The molecule has 1 aromatic carbocycles. The van der Waals surface area contributed by atoms with Gasteiger partial charge in [0.25, 0.3) is 0 Å². The van der Waals surface area contributed by atoms with E-state index in [-0.39, 0.29) is 5.54 Å². The zero-order valence-corrected chi connectivity index (χ0v) is 13.2. The molecule has 112 valence electrons. The molecule has 0 aliphatic heterocycles. The second-order valence-corrected chi connectivity index (χ2v) is 5.95. The summed E-state index contributed by atoms with van der Waals surface area (Å²) in [5.74, 6) is 2.18. The van der Waals surface area contributed by atoms with Gasteiger partial charge >= 0.3 is 0 Å². The maximum atomic E-state index is 5.22. The van der Waals surface area contributed by atoms with Crippen LogP contribution in [0.1, 0.15) is 26.5 Å². The second kappa shape index (κ2) is 5.99. The molecule has 5 heteroatoms. The largest absolute Gasteiger partial charge is 0.497 e. The highest BCUT2D eigenvalue weighted by Gasteiger charge is 2.12. The standard InChI is InChI=1S/C16H22N4O/c1-11-9-14(19-15(17-11)20-16(2,3)4)18-12-7-6-8-13(10-12)21-5/h6-10H,1-5H3,(H2,17,18,19,20). The van der Waals surface area contributed by atoms with Gasteiger partial charge in [-0.05, 0) is 39.8 Å². The summed E-state index contributed by atoms with van der Waals surface area (Å²) in [7, 11) is 1.65. The van der Waals surface area contributed by atoms with E-state index in [1.165, 1.54) is 0 Å². The van der Waals surface area contributed by atoms with E-state index in [0.29, 0.717) is 5.95 Å². The minimum atomic E-state index is -0.0823. The number of nitrogens with zero attached hydrogens (tertiary/aromatic N) is 2. The number of rotatable bonds is 4.